The van der Waals surface area contributed by atoms with E-state index in [0.717, 1.165) is 44.7 Å². The van der Waals surface area contributed by atoms with Crippen LogP contribution in [0.15, 0.2) is 158 Å². The van der Waals surface area contributed by atoms with Gasteiger partial charge >= 0.3 is 0 Å². The Morgan fingerprint density at radius 1 is 0.529 bits per heavy atom. The van der Waals surface area contributed by atoms with E-state index >= 15 is 0 Å². The average Bonchev–Trinajstić information content (AvgIpc) is 3.90. The molecule has 9 rings (SSSR count). The summed E-state index contributed by atoms with van der Waals surface area (Å²) in [5, 5.41) is 2.31. The van der Waals surface area contributed by atoms with Gasteiger partial charge in [0.25, 0.3) is 0 Å². The van der Waals surface area contributed by atoms with Crippen molar-refractivity contribution < 1.29 is 25.8 Å². The normalized spacial score (nSPS) is 13.8. The van der Waals surface area contributed by atoms with Crippen molar-refractivity contribution in [3.63, 3.8) is 0 Å². The van der Waals surface area contributed by atoms with Gasteiger partial charge in [-0.25, -0.2) is 4.98 Å². The predicted molar refractivity (Wildman–Crippen MR) is 281 cm³/mol. The molecule has 0 saturated heterocycles. The van der Waals surface area contributed by atoms with E-state index in [9.17, 15) is 0 Å². The second-order valence-electron chi connectivity index (χ2n) is 22.4. The summed E-state index contributed by atoms with van der Waals surface area (Å²) < 4.78 is 9.21. The Morgan fingerprint density at radius 2 is 1.13 bits per heavy atom. The number of ether oxygens (including phenoxy) is 1. The maximum absolute atomic E-state index is 6.95. The molecule has 0 bridgehead atoms. The summed E-state index contributed by atoms with van der Waals surface area (Å²) in [7, 11) is 0. The van der Waals surface area contributed by atoms with Gasteiger partial charge in [0, 0.05) is 66.5 Å². The molecule has 6 aromatic carbocycles. The molecule has 0 radical (unpaired) electrons. The molecule has 0 N–H and O–H groups in total. The number of para-hydroxylation sites is 1. The van der Waals surface area contributed by atoms with Gasteiger partial charge in [0.15, 0.2) is 0 Å². The van der Waals surface area contributed by atoms with Crippen LogP contribution in [0.1, 0.15) is 123 Å². The second-order valence-corrected chi connectivity index (χ2v) is 22.4. The van der Waals surface area contributed by atoms with Crippen LogP contribution in [0.25, 0.3) is 27.6 Å². The Labute approximate surface area is 420 Å². The molecular formula is C62H65N4OPt-3. The minimum Gasteiger partial charge on any atom is -0.509 e. The first-order chi connectivity index (χ1) is 31.6. The van der Waals surface area contributed by atoms with Gasteiger partial charge in [-0.05, 0) is 86.0 Å². The summed E-state index contributed by atoms with van der Waals surface area (Å²) in [6, 6.07) is 57.4. The van der Waals surface area contributed by atoms with Crippen molar-refractivity contribution in [3.8, 4) is 17.3 Å². The number of pyridine rings is 1. The molecular weight excluding hydrogens is 1010 g/mol. The number of hydrogen-bond donors (Lipinski definition) is 0. The molecule has 0 fully saturated rings. The molecule has 352 valence electrons. The van der Waals surface area contributed by atoms with E-state index in [4.69, 9.17) is 9.72 Å². The largest absolute Gasteiger partial charge is 0.509 e. The topological polar surface area (TPSA) is 33.5 Å². The number of allylic oxidation sites excluding steroid dienone is 1. The van der Waals surface area contributed by atoms with E-state index in [0.29, 0.717) is 11.5 Å². The van der Waals surface area contributed by atoms with Gasteiger partial charge < -0.3 is 19.1 Å². The summed E-state index contributed by atoms with van der Waals surface area (Å²) in [6.07, 6.45) is 4.23. The summed E-state index contributed by atoms with van der Waals surface area (Å²) >= 11 is 0. The first-order valence-corrected chi connectivity index (χ1v) is 23.7. The van der Waals surface area contributed by atoms with Crippen LogP contribution in [0.3, 0.4) is 0 Å². The fourth-order valence-corrected chi connectivity index (χ4v) is 9.42. The van der Waals surface area contributed by atoms with Gasteiger partial charge in [-0.1, -0.05) is 186 Å². The van der Waals surface area contributed by atoms with E-state index in [1.165, 1.54) is 33.4 Å². The van der Waals surface area contributed by atoms with Crippen molar-refractivity contribution in [2.24, 2.45) is 0 Å². The SMILES string of the molecule is CC(C)(C)c1cc(N2C=C(C(C)(C)c3ccccc3)N(c3[c-]c(Oc4[c-]c5c(c(C(C)(C)C)c4)c4ccccc4n5-c4cc(C(C)(C)c5ccccc5)ccn4)ccc3)[CH-]2)cc(C(C)(C)C)c1.[Pt]. The summed E-state index contributed by atoms with van der Waals surface area (Å²) in [5.74, 6) is 2.07. The van der Waals surface area contributed by atoms with Crippen LogP contribution >= 0.6 is 0 Å². The predicted octanol–water partition coefficient (Wildman–Crippen LogP) is 16.1. The monoisotopic (exact) mass is 1080 g/mol. The first-order valence-electron chi connectivity index (χ1n) is 23.7. The van der Waals surface area contributed by atoms with E-state index in [1.54, 1.807) is 0 Å². The van der Waals surface area contributed by atoms with Gasteiger partial charge in [0.1, 0.15) is 5.82 Å². The van der Waals surface area contributed by atoms with Crippen molar-refractivity contribution in [3.05, 3.63) is 210 Å². The second kappa shape index (κ2) is 17.9. The maximum atomic E-state index is 6.95. The van der Waals surface area contributed by atoms with Crippen molar-refractivity contribution in [1.82, 2.24) is 9.55 Å². The minimum absolute atomic E-state index is 0. The van der Waals surface area contributed by atoms with Crippen molar-refractivity contribution in [1.29, 1.82) is 0 Å². The molecule has 0 aliphatic carbocycles. The van der Waals surface area contributed by atoms with Crippen molar-refractivity contribution >= 4 is 33.2 Å². The summed E-state index contributed by atoms with van der Waals surface area (Å²) in [5.41, 5.74) is 11.7. The zero-order valence-corrected chi connectivity index (χ0v) is 44.3. The molecule has 8 aromatic rings. The molecule has 2 aromatic heterocycles. The van der Waals surface area contributed by atoms with E-state index < -0.39 is 0 Å². The molecule has 3 heterocycles. The number of rotatable bonds is 9. The van der Waals surface area contributed by atoms with Crippen molar-refractivity contribution in [2.45, 2.75) is 117 Å². The third kappa shape index (κ3) is 9.19. The Hall–Kier alpha value is -5.90. The van der Waals surface area contributed by atoms with Crippen LogP contribution < -0.4 is 14.5 Å². The van der Waals surface area contributed by atoms with Gasteiger partial charge in [0.05, 0.1) is 0 Å². The molecule has 1 aliphatic heterocycles. The Balaban J connectivity index is 0.00000625. The average molecular weight is 1080 g/mol. The van der Waals surface area contributed by atoms with Crippen LogP contribution in [0.2, 0.25) is 0 Å². The maximum Gasteiger partial charge on any atom is 0.135 e. The van der Waals surface area contributed by atoms with Crippen LogP contribution in [-0.4, -0.2) is 9.55 Å². The number of benzene rings is 6. The van der Waals surface area contributed by atoms with Crippen LogP contribution in [0, 0.1) is 18.8 Å². The third-order valence-electron chi connectivity index (χ3n) is 13.7. The fourth-order valence-electron chi connectivity index (χ4n) is 9.42. The summed E-state index contributed by atoms with van der Waals surface area (Å²) in [6.45, 7) is 31.9. The van der Waals surface area contributed by atoms with E-state index in [-0.39, 0.29) is 48.1 Å². The third-order valence-corrected chi connectivity index (χ3v) is 13.7. The molecule has 0 unspecified atom stereocenters. The number of hydrogen-bond acceptors (Lipinski definition) is 4. The van der Waals surface area contributed by atoms with E-state index in [1.807, 2.05) is 12.3 Å². The van der Waals surface area contributed by atoms with E-state index in [2.05, 4.69) is 263 Å². The van der Waals surface area contributed by atoms with Gasteiger partial charge in [-0.15, -0.1) is 48.3 Å². The van der Waals surface area contributed by atoms with Crippen LogP contribution in [0.5, 0.6) is 11.5 Å². The van der Waals surface area contributed by atoms with Gasteiger partial charge in [0.2, 0.25) is 0 Å². The van der Waals surface area contributed by atoms with Crippen molar-refractivity contribution in [2.75, 3.05) is 9.80 Å². The molecule has 0 amide bonds. The molecule has 5 nitrogen and oxygen atoms in total. The Kier molecular flexibility index (Phi) is 12.8. The molecule has 68 heavy (non-hydrogen) atoms. The van der Waals surface area contributed by atoms with Gasteiger partial charge in [-0.3, -0.25) is 0 Å². The fraction of sp³-hybridized carbons (Fsp3) is 0.290. The minimum atomic E-state index is -0.360. The van der Waals surface area contributed by atoms with Gasteiger partial charge in [-0.2, -0.15) is 6.07 Å². The van der Waals surface area contributed by atoms with Crippen LogP contribution in [0.4, 0.5) is 11.4 Å². The zero-order chi connectivity index (χ0) is 47.7. The number of fused-ring (bicyclic) bond motifs is 3. The zero-order valence-electron chi connectivity index (χ0n) is 42.0. The number of aromatic nitrogens is 2. The Morgan fingerprint density at radius 3 is 1.75 bits per heavy atom. The molecule has 0 spiro atoms. The molecule has 0 atom stereocenters. The van der Waals surface area contributed by atoms with Crippen LogP contribution in [-0.2, 0) is 48.1 Å². The summed E-state index contributed by atoms with van der Waals surface area (Å²) in [4.78, 5) is 9.60. The number of anilines is 2. The molecule has 1 aliphatic rings. The number of nitrogens with zero attached hydrogens (tertiary/aromatic N) is 4. The standard InChI is InChI=1S/C62H65N4O.Pt/c1-58(2,3)45-33-46(59(4,5)6)35-48(34-45)64-40-55(62(12,13)43-25-18-15-19-26-43)65(41-64)47-27-22-28-49(37-47)67-50-38-52(60(7,8)9)57-51-29-20-21-30-53(51)66(54(57)39-50)56-36-44(31-32-63-56)61(10,11)42-23-16-14-17-24-42;/h14-36,38,40-41H,1-13H3;/q-3;. The molecule has 6 heteroatoms. The molecule has 0 saturated carbocycles. The first kappa shape index (κ1) is 48.6. The Bertz CT molecular complexity index is 3110. The smallest absolute Gasteiger partial charge is 0.135 e. The quantitative estimate of drug-likeness (QED) is 0.135.